The molecular weight excluding hydrogens is 418 g/mol. The van der Waals surface area contributed by atoms with E-state index in [4.69, 9.17) is 14.6 Å². The van der Waals surface area contributed by atoms with Crippen molar-refractivity contribution in [3.8, 4) is 11.5 Å². The van der Waals surface area contributed by atoms with Crippen LogP contribution in [0.4, 0.5) is 16.8 Å². The molecule has 1 atom stereocenters. The number of hydrogen-bond donors (Lipinski definition) is 2. The van der Waals surface area contributed by atoms with Gasteiger partial charge in [-0.1, -0.05) is 23.5 Å². The molecule has 4 rings (SSSR count). The molecule has 0 aliphatic carbocycles. The first-order valence-electron chi connectivity index (χ1n) is 10.0. The third-order valence-corrected chi connectivity index (χ3v) is 5.62. The molecule has 2 aromatic heterocycles. The third-order valence-electron chi connectivity index (χ3n) is 4.72. The lowest BCUT2D eigenvalue weighted by Crippen LogP contribution is -2.41. The number of aromatic nitrogens is 3. The number of rotatable bonds is 8. The molecule has 1 aromatic carbocycles. The Bertz CT molecular complexity index is 1040. The van der Waals surface area contributed by atoms with Gasteiger partial charge in [0.25, 0.3) is 0 Å². The fraction of sp³-hybridized carbons (Fsp3) is 0.333. The summed E-state index contributed by atoms with van der Waals surface area (Å²) in [5.74, 6) is 1.73. The van der Waals surface area contributed by atoms with Gasteiger partial charge in [0.15, 0.2) is 22.4 Å². The molecule has 1 aliphatic heterocycles. The van der Waals surface area contributed by atoms with Gasteiger partial charge in [-0.25, -0.2) is 14.8 Å². The van der Waals surface area contributed by atoms with Gasteiger partial charge in [-0.15, -0.1) is 0 Å². The molecule has 10 heteroatoms. The fourth-order valence-corrected chi connectivity index (χ4v) is 4.01. The summed E-state index contributed by atoms with van der Waals surface area (Å²) in [7, 11) is 0. The number of anilines is 3. The van der Waals surface area contributed by atoms with E-state index in [9.17, 15) is 4.79 Å². The Balaban J connectivity index is 1.43. The Morgan fingerprint density at radius 1 is 1.29 bits per heavy atom. The van der Waals surface area contributed by atoms with Gasteiger partial charge in [-0.05, 0) is 31.9 Å². The van der Waals surface area contributed by atoms with E-state index >= 15 is 0 Å². The first-order chi connectivity index (χ1) is 15.1. The highest BCUT2D eigenvalue weighted by Crippen LogP contribution is 2.30. The maximum atomic E-state index is 11.0. The van der Waals surface area contributed by atoms with Crippen molar-refractivity contribution >= 4 is 34.1 Å². The van der Waals surface area contributed by atoms with Gasteiger partial charge in [-0.3, -0.25) is 4.98 Å². The average Bonchev–Trinajstić information content (AvgIpc) is 3.25. The van der Waals surface area contributed by atoms with Crippen molar-refractivity contribution < 1.29 is 19.4 Å². The third kappa shape index (κ3) is 5.21. The Labute approximate surface area is 183 Å². The highest BCUT2D eigenvalue weighted by atomic mass is 32.1. The molecule has 0 radical (unpaired) electrons. The summed E-state index contributed by atoms with van der Waals surface area (Å²) < 4.78 is 11.9. The van der Waals surface area contributed by atoms with E-state index in [0.717, 1.165) is 48.0 Å². The van der Waals surface area contributed by atoms with Crippen LogP contribution in [0.25, 0.3) is 0 Å². The minimum absolute atomic E-state index is 0.00542. The molecule has 2 N–H and O–H groups in total. The van der Waals surface area contributed by atoms with Crippen LogP contribution in [-0.4, -0.2) is 51.8 Å². The molecule has 3 aromatic rings. The number of ether oxygens (including phenoxy) is 2. The van der Waals surface area contributed by atoms with Crippen molar-refractivity contribution in [3.05, 3.63) is 47.7 Å². The number of thiazole rings is 1. The van der Waals surface area contributed by atoms with Crippen LogP contribution in [0, 0.1) is 0 Å². The van der Waals surface area contributed by atoms with Crippen molar-refractivity contribution in [1.29, 1.82) is 0 Å². The maximum Gasteiger partial charge on any atom is 0.347 e. The SMILES string of the molecule is CCOc1ccccc1OC1CCCN(c2cncc(Nc3ncc(C(=O)O)s3)n2)C1. The summed E-state index contributed by atoms with van der Waals surface area (Å²) in [4.78, 5) is 26.3. The molecule has 9 nitrogen and oxygen atoms in total. The monoisotopic (exact) mass is 441 g/mol. The summed E-state index contributed by atoms with van der Waals surface area (Å²) in [6.07, 6.45) is 6.53. The summed E-state index contributed by atoms with van der Waals surface area (Å²) in [5.41, 5.74) is 0. The Kier molecular flexibility index (Phi) is 6.46. The number of nitrogens with zero attached hydrogens (tertiary/aromatic N) is 4. The first kappa shape index (κ1) is 20.9. The van der Waals surface area contributed by atoms with E-state index in [1.807, 2.05) is 31.2 Å². The molecule has 3 heterocycles. The molecule has 31 heavy (non-hydrogen) atoms. The van der Waals surface area contributed by atoms with Gasteiger partial charge in [0.2, 0.25) is 0 Å². The van der Waals surface area contributed by atoms with Crippen molar-refractivity contribution in [2.45, 2.75) is 25.9 Å². The fourth-order valence-electron chi connectivity index (χ4n) is 3.35. The number of carbonyl (C=O) groups is 1. The predicted molar refractivity (Wildman–Crippen MR) is 118 cm³/mol. The maximum absolute atomic E-state index is 11.0. The number of piperidine rings is 1. The Morgan fingerprint density at radius 2 is 2.13 bits per heavy atom. The van der Waals surface area contributed by atoms with Crippen molar-refractivity contribution in [1.82, 2.24) is 15.0 Å². The molecule has 1 unspecified atom stereocenters. The van der Waals surface area contributed by atoms with Crippen molar-refractivity contribution in [3.63, 3.8) is 0 Å². The van der Waals surface area contributed by atoms with Crippen LogP contribution in [0.15, 0.2) is 42.9 Å². The Morgan fingerprint density at radius 3 is 2.90 bits per heavy atom. The molecule has 0 bridgehead atoms. The second-order valence-electron chi connectivity index (χ2n) is 6.93. The lowest BCUT2D eigenvalue weighted by molar-refractivity contribution is 0.0702. The van der Waals surface area contributed by atoms with Crippen LogP contribution in [0.3, 0.4) is 0 Å². The summed E-state index contributed by atoms with van der Waals surface area (Å²) in [6.45, 7) is 4.07. The highest BCUT2D eigenvalue weighted by Gasteiger charge is 2.24. The van der Waals surface area contributed by atoms with Gasteiger partial charge in [-0.2, -0.15) is 0 Å². The quantitative estimate of drug-likeness (QED) is 0.539. The van der Waals surface area contributed by atoms with E-state index < -0.39 is 5.97 Å². The van der Waals surface area contributed by atoms with Gasteiger partial charge >= 0.3 is 5.97 Å². The second kappa shape index (κ2) is 9.61. The predicted octanol–water partition coefficient (Wildman–Crippen LogP) is 3.82. The average molecular weight is 442 g/mol. The van der Waals surface area contributed by atoms with Gasteiger partial charge in [0, 0.05) is 6.54 Å². The molecule has 0 amide bonds. The molecule has 1 fully saturated rings. The summed E-state index contributed by atoms with van der Waals surface area (Å²) >= 11 is 1.05. The first-order valence-corrected chi connectivity index (χ1v) is 10.9. The van der Waals surface area contributed by atoms with E-state index in [2.05, 4.69) is 25.2 Å². The number of benzene rings is 1. The van der Waals surface area contributed by atoms with Crippen molar-refractivity contribution in [2.24, 2.45) is 0 Å². The van der Waals surface area contributed by atoms with E-state index in [-0.39, 0.29) is 11.0 Å². The van der Waals surface area contributed by atoms with E-state index in [1.54, 1.807) is 12.4 Å². The number of nitrogens with one attached hydrogen (secondary N) is 1. The molecule has 1 aliphatic rings. The van der Waals surface area contributed by atoms with Crippen LogP contribution in [0.2, 0.25) is 0 Å². The highest BCUT2D eigenvalue weighted by molar-refractivity contribution is 7.17. The smallest absolute Gasteiger partial charge is 0.347 e. The number of para-hydroxylation sites is 2. The minimum Gasteiger partial charge on any atom is -0.490 e. The number of carboxylic acids is 1. The summed E-state index contributed by atoms with van der Waals surface area (Å²) in [6, 6.07) is 7.70. The van der Waals surface area contributed by atoms with Crippen LogP contribution >= 0.6 is 11.3 Å². The largest absolute Gasteiger partial charge is 0.490 e. The lowest BCUT2D eigenvalue weighted by Gasteiger charge is -2.33. The lowest BCUT2D eigenvalue weighted by atomic mass is 10.1. The molecule has 1 saturated heterocycles. The van der Waals surface area contributed by atoms with Crippen LogP contribution in [-0.2, 0) is 0 Å². The normalized spacial score (nSPS) is 16.0. The zero-order chi connectivity index (χ0) is 21.6. The van der Waals surface area contributed by atoms with Gasteiger partial charge in [0.1, 0.15) is 16.8 Å². The van der Waals surface area contributed by atoms with Gasteiger partial charge in [0.05, 0.1) is 31.7 Å². The Hall–Kier alpha value is -3.40. The zero-order valence-electron chi connectivity index (χ0n) is 17.0. The van der Waals surface area contributed by atoms with E-state index in [1.165, 1.54) is 6.20 Å². The van der Waals surface area contributed by atoms with Gasteiger partial charge < -0.3 is 24.8 Å². The second-order valence-corrected chi connectivity index (χ2v) is 7.96. The number of hydrogen-bond acceptors (Lipinski definition) is 9. The minimum atomic E-state index is -1.00. The van der Waals surface area contributed by atoms with Crippen molar-refractivity contribution in [2.75, 3.05) is 29.9 Å². The molecular formula is C21H23N5O4S. The van der Waals surface area contributed by atoms with Crippen LogP contribution in [0.5, 0.6) is 11.5 Å². The topological polar surface area (TPSA) is 110 Å². The summed E-state index contributed by atoms with van der Waals surface area (Å²) in [5, 5.41) is 12.5. The molecule has 162 valence electrons. The molecule has 0 spiro atoms. The zero-order valence-corrected chi connectivity index (χ0v) is 17.8. The number of aromatic carboxylic acids is 1. The number of carboxylic acid groups (broad SMARTS) is 1. The van der Waals surface area contributed by atoms with Crippen LogP contribution < -0.4 is 19.7 Å². The van der Waals surface area contributed by atoms with Crippen LogP contribution in [0.1, 0.15) is 29.4 Å². The van der Waals surface area contributed by atoms with E-state index in [0.29, 0.717) is 24.1 Å². The standard InChI is InChI=1S/C21H23N5O4S/c1-2-29-15-7-3-4-8-16(15)30-14-6-5-9-26(13-14)19-12-22-11-18(24-19)25-21-23-10-17(31-21)20(27)28/h3-4,7-8,10-12,14H,2,5-6,9,13H2,1H3,(H,27,28)(H,23,24,25). The molecule has 0 saturated carbocycles.